The molecule has 0 unspecified atom stereocenters. The predicted molar refractivity (Wildman–Crippen MR) is 85.4 cm³/mol. The third kappa shape index (κ3) is 3.05. The maximum atomic E-state index is 4.35. The number of nitrogens with zero attached hydrogens (tertiary/aromatic N) is 3. The van der Waals surface area contributed by atoms with Crippen molar-refractivity contribution in [3.8, 4) is 0 Å². The molecule has 1 saturated heterocycles. The van der Waals surface area contributed by atoms with E-state index < -0.39 is 0 Å². The van der Waals surface area contributed by atoms with Crippen molar-refractivity contribution in [1.29, 1.82) is 0 Å². The van der Waals surface area contributed by atoms with Gasteiger partial charge in [-0.2, -0.15) is 5.10 Å². The Bertz CT molecular complexity index is 578. The maximum Gasteiger partial charge on any atom is 0.145 e. The van der Waals surface area contributed by atoms with Gasteiger partial charge in [0.1, 0.15) is 12.2 Å². The molecule has 5 nitrogen and oxygen atoms in total. The van der Waals surface area contributed by atoms with Gasteiger partial charge in [-0.05, 0) is 37.3 Å². The fourth-order valence-corrected chi connectivity index (χ4v) is 3.46. The zero-order valence-electron chi connectivity index (χ0n) is 12.8. The molecule has 2 heterocycles. The van der Waals surface area contributed by atoms with E-state index in [1.54, 1.807) is 6.33 Å². The quantitative estimate of drug-likeness (QED) is 0.856. The lowest BCUT2D eigenvalue weighted by Gasteiger charge is -2.20. The minimum atomic E-state index is 0.0960. The molecule has 1 aromatic heterocycles. The molecule has 116 valence electrons. The molecular weight excluding hydrogens is 274 g/mol. The van der Waals surface area contributed by atoms with Crippen molar-refractivity contribution < 1.29 is 0 Å². The number of hydrogen-bond donors (Lipinski definition) is 2. The highest BCUT2D eigenvalue weighted by molar-refractivity contribution is 5.24. The van der Waals surface area contributed by atoms with Crippen molar-refractivity contribution in [2.75, 3.05) is 19.6 Å². The summed E-state index contributed by atoms with van der Waals surface area (Å²) in [6.07, 6.45) is 5.70. The summed E-state index contributed by atoms with van der Waals surface area (Å²) in [6.45, 7) is 3.55. The highest BCUT2D eigenvalue weighted by Crippen LogP contribution is 2.31. The van der Waals surface area contributed by atoms with Gasteiger partial charge in [0.2, 0.25) is 0 Å². The zero-order chi connectivity index (χ0) is 14.8. The zero-order valence-corrected chi connectivity index (χ0v) is 12.8. The van der Waals surface area contributed by atoms with Crippen molar-refractivity contribution in [2.45, 2.75) is 31.3 Å². The van der Waals surface area contributed by atoms with E-state index in [1.807, 2.05) is 6.07 Å². The van der Waals surface area contributed by atoms with Crippen molar-refractivity contribution in [1.82, 2.24) is 25.4 Å². The fourth-order valence-electron chi connectivity index (χ4n) is 3.46. The van der Waals surface area contributed by atoms with E-state index >= 15 is 0 Å². The maximum absolute atomic E-state index is 4.35. The SMILES string of the molecule is c1ccc([C@H](NC[C@@H]2CCN(C3CC3)C2)c2ncn[nH]2)cc1. The van der Waals surface area contributed by atoms with Crippen LogP contribution in [0, 0.1) is 5.92 Å². The molecule has 2 fully saturated rings. The first-order valence-corrected chi connectivity index (χ1v) is 8.28. The molecular formula is C17H23N5. The molecule has 0 bridgehead atoms. The summed E-state index contributed by atoms with van der Waals surface area (Å²) >= 11 is 0. The third-order valence-corrected chi connectivity index (χ3v) is 4.83. The Kier molecular flexibility index (Phi) is 3.91. The number of aromatic nitrogens is 3. The van der Waals surface area contributed by atoms with Crippen molar-refractivity contribution in [2.24, 2.45) is 5.92 Å². The standard InChI is InChI=1S/C17H23N5/c1-2-4-14(5-3-1)16(17-19-12-20-21-17)18-10-13-8-9-22(11-13)15-6-7-15/h1-5,12-13,15-16,18H,6-11H2,(H,19,20,21)/t13-,16-/m0/s1. The van der Waals surface area contributed by atoms with Gasteiger partial charge < -0.3 is 10.2 Å². The van der Waals surface area contributed by atoms with Crippen molar-refractivity contribution >= 4 is 0 Å². The molecule has 0 spiro atoms. The fraction of sp³-hybridized carbons (Fsp3) is 0.529. The lowest BCUT2D eigenvalue weighted by Crippen LogP contribution is -2.31. The van der Waals surface area contributed by atoms with E-state index in [0.29, 0.717) is 0 Å². The Morgan fingerprint density at radius 3 is 2.82 bits per heavy atom. The highest BCUT2D eigenvalue weighted by atomic mass is 15.2. The lowest BCUT2D eigenvalue weighted by molar-refractivity contribution is 0.310. The van der Waals surface area contributed by atoms with E-state index in [2.05, 4.69) is 49.7 Å². The normalized spacial score (nSPS) is 23.7. The molecule has 4 rings (SSSR count). The van der Waals surface area contributed by atoms with E-state index in [0.717, 1.165) is 24.3 Å². The molecule has 0 radical (unpaired) electrons. The van der Waals surface area contributed by atoms with Crippen LogP contribution in [0.4, 0.5) is 0 Å². The Balaban J connectivity index is 1.41. The van der Waals surface area contributed by atoms with Gasteiger partial charge in [0, 0.05) is 19.1 Å². The van der Waals surface area contributed by atoms with E-state index in [9.17, 15) is 0 Å². The predicted octanol–water partition coefficient (Wildman–Crippen LogP) is 1.97. The summed E-state index contributed by atoms with van der Waals surface area (Å²) in [5.74, 6) is 1.64. The number of H-pyrrole nitrogens is 1. The molecule has 1 aliphatic heterocycles. The first-order valence-electron chi connectivity index (χ1n) is 8.28. The number of rotatable bonds is 6. The lowest BCUT2D eigenvalue weighted by atomic mass is 10.0. The first-order chi connectivity index (χ1) is 10.9. The van der Waals surface area contributed by atoms with Crippen LogP contribution >= 0.6 is 0 Å². The molecule has 0 amide bonds. The molecule has 2 aliphatic rings. The summed E-state index contributed by atoms with van der Waals surface area (Å²) in [6, 6.07) is 11.5. The second-order valence-electron chi connectivity index (χ2n) is 6.50. The van der Waals surface area contributed by atoms with Crippen LogP contribution < -0.4 is 5.32 Å². The van der Waals surface area contributed by atoms with Crippen LogP contribution in [0.15, 0.2) is 36.7 Å². The van der Waals surface area contributed by atoms with E-state index in [4.69, 9.17) is 0 Å². The van der Waals surface area contributed by atoms with Gasteiger partial charge in [0.05, 0.1) is 6.04 Å². The van der Waals surface area contributed by atoms with Crippen molar-refractivity contribution in [3.63, 3.8) is 0 Å². The monoisotopic (exact) mass is 297 g/mol. The van der Waals surface area contributed by atoms with E-state index in [-0.39, 0.29) is 6.04 Å². The van der Waals surface area contributed by atoms with Crippen LogP contribution in [0.2, 0.25) is 0 Å². The van der Waals surface area contributed by atoms with Gasteiger partial charge in [-0.25, -0.2) is 4.98 Å². The molecule has 2 atom stereocenters. The van der Waals surface area contributed by atoms with Crippen LogP contribution in [-0.4, -0.2) is 45.8 Å². The van der Waals surface area contributed by atoms with Gasteiger partial charge in [0.25, 0.3) is 0 Å². The highest BCUT2D eigenvalue weighted by Gasteiger charge is 2.34. The first kappa shape index (κ1) is 13.9. The molecule has 2 N–H and O–H groups in total. The molecule has 1 aliphatic carbocycles. The van der Waals surface area contributed by atoms with Crippen LogP contribution in [0.3, 0.4) is 0 Å². The summed E-state index contributed by atoms with van der Waals surface area (Å²) in [5.41, 5.74) is 1.23. The molecule has 1 saturated carbocycles. The van der Waals surface area contributed by atoms with Crippen LogP contribution in [0.25, 0.3) is 0 Å². The summed E-state index contributed by atoms with van der Waals surface area (Å²) in [4.78, 5) is 7.02. The largest absolute Gasteiger partial charge is 0.303 e. The van der Waals surface area contributed by atoms with Gasteiger partial charge >= 0.3 is 0 Å². The van der Waals surface area contributed by atoms with Gasteiger partial charge in [0.15, 0.2) is 0 Å². The smallest absolute Gasteiger partial charge is 0.145 e. The molecule has 22 heavy (non-hydrogen) atoms. The van der Waals surface area contributed by atoms with Gasteiger partial charge in [-0.3, -0.25) is 5.10 Å². The Labute approximate surface area is 131 Å². The summed E-state index contributed by atoms with van der Waals surface area (Å²) < 4.78 is 0. The van der Waals surface area contributed by atoms with Crippen LogP contribution in [0.5, 0.6) is 0 Å². The van der Waals surface area contributed by atoms with Crippen LogP contribution in [0.1, 0.15) is 36.7 Å². The molecule has 2 aromatic rings. The summed E-state index contributed by atoms with van der Waals surface area (Å²) in [5, 5.41) is 10.7. The Morgan fingerprint density at radius 2 is 2.09 bits per heavy atom. The molecule has 5 heteroatoms. The van der Waals surface area contributed by atoms with Gasteiger partial charge in [-0.1, -0.05) is 30.3 Å². The number of likely N-dealkylation sites (tertiary alicyclic amines) is 1. The van der Waals surface area contributed by atoms with Gasteiger partial charge in [-0.15, -0.1) is 0 Å². The number of hydrogen-bond acceptors (Lipinski definition) is 4. The van der Waals surface area contributed by atoms with E-state index in [1.165, 1.54) is 37.9 Å². The third-order valence-electron chi connectivity index (χ3n) is 4.83. The van der Waals surface area contributed by atoms with Crippen molar-refractivity contribution in [3.05, 3.63) is 48.0 Å². The number of nitrogens with one attached hydrogen (secondary N) is 2. The second-order valence-corrected chi connectivity index (χ2v) is 6.50. The Hall–Kier alpha value is -1.72. The number of aromatic amines is 1. The van der Waals surface area contributed by atoms with Crippen LogP contribution in [-0.2, 0) is 0 Å². The minimum absolute atomic E-state index is 0.0960. The molecule has 1 aromatic carbocycles. The summed E-state index contributed by atoms with van der Waals surface area (Å²) in [7, 11) is 0. The average molecular weight is 297 g/mol. The Morgan fingerprint density at radius 1 is 1.23 bits per heavy atom. The second kappa shape index (κ2) is 6.18. The minimum Gasteiger partial charge on any atom is -0.303 e. The average Bonchev–Trinajstić information content (AvgIpc) is 3.08. The number of benzene rings is 1. The topological polar surface area (TPSA) is 56.8 Å².